The minimum absolute atomic E-state index is 0.0371. The number of hydrogen-bond donors (Lipinski definition) is 0. The Labute approximate surface area is 142 Å². The molecule has 2 rings (SSSR count). The van der Waals surface area contributed by atoms with Crippen LogP contribution in [0.3, 0.4) is 0 Å². The first-order chi connectivity index (χ1) is 11.5. The number of rotatable bonds is 6. The zero-order valence-electron chi connectivity index (χ0n) is 14.0. The number of carbonyl (C=O) groups is 1. The van der Waals surface area contributed by atoms with Crippen LogP contribution in [0.4, 0.5) is 0 Å². The number of hydrogen-bond acceptors (Lipinski definition) is 4. The smallest absolute Gasteiger partial charge is 0.258 e. The van der Waals surface area contributed by atoms with Gasteiger partial charge in [-0.2, -0.15) is 0 Å². The van der Waals surface area contributed by atoms with Crippen molar-refractivity contribution < 1.29 is 17.9 Å². The molecule has 6 heteroatoms. The number of nitrogens with zero attached hydrogens (tertiary/aromatic N) is 1. The number of amides is 1. The molecular weight excluding hydrogens is 326 g/mol. The van der Waals surface area contributed by atoms with E-state index in [9.17, 15) is 13.2 Å². The molecule has 24 heavy (non-hydrogen) atoms. The summed E-state index contributed by atoms with van der Waals surface area (Å²) < 4.78 is 31.3. The van der Waals surface area contributed by atoms with Crippen molar-refractivity contribution in [3.05, 3.63) is 54.1 Å². The number of sulfone groups is 1. The Kier molecular flexibility index (Phi) is 5.62. The molecule has 0 saturated heterocycles. The van der Waals surface area contributed by atoms with Gasteiger partial charge < -0.3 is 9.64 Å². The van der Waals surface area contributed by atoms with E-state index in [1.165, 1.54) is 25.3 Å². The first-order valence-electron chi connectivity index (χ1n) is 7.73. The van der Waals surface area contributed by atoms with E-state index < -0.39 is 9.84 Å². The van der Waals surface area contributed by atoms with E-state index in [0.29, 0.717) is 13.1 Å². The van der Waals surface area contributed by atoms with Crippen molar-refractivity contribution in [2.75, 3.05) is 20.2 Å². The maximum Gasteiger partial charge on any atom is 0.258 e. The standard InChI is InChI=1S/C18H21NO4S/c1-4-19(5-2)18(20)17-15(23-3)12-9-13-16(17)24(21,22)14-10-7-6-8-11-14/h6-13H,4-5H2,1-3H3. The first-order valence-corrected chi connectivity index (χ1v) is 9.22. The Hall–Kier alpha value is -2.34. The SMILES string of the molecule is CCN(CC)C(=O)c1c(OC)cccc1S(=O)(=O)c1ccccc1. The molecule has 0 unspecified atom stereocenters. The minimum Gasteiger partial charge on any atom is -0.496 e. The molecule has 0 aliphatic rings. The highest BCUT2D eigenvalue weighted by Crippen LogP contribution is 2.31. The lowest BCUT2D eigenvalue weighted by Crippen LogP contribution is -2.32. The van der Waals surface area contributed by atoms with Gasteiger partial charge in [0.1, 0.15) is 11.3 Å². The van der Waals surface area contributed by atoms with Crippen molar-refractivity contribution in [1.29, 1.82) is 0 Å². The van der Waals surface area contributed by atoms with E-state index in [1.54, 1.807) is 35.2 Å². The van der Waals surface area contributed by atoms with Gasteiger partial charge in [-0.15, -0.1) is 0 Å². The Balaban J connectivity index is 2.70. The van der Waals surface area contributed by atoms with Gasteiger partial charge in [0.25, 0.3) is 5.91 Å². The molecule has 0 fully saturated rings. The average Bonchev–Trinajstić information content (AvgIpc) is 2.62. The largest absolute Gasteiger partial charge is 0.496 e. The third kappa shape index (κ3) is 3.28. The highest BCUT2D eigenvalue weighted by Gasteiger charge is 2.29. The lowest BCUT2D eigenvalue weighted by atomic mass is 10.1. The van der Waals surface area contributed by atoms with Crippen LogP contribution in [0, 0.1) is 0 Å². The van der Waals surface area contributed by atoms with Crippen LogP contribution >= 0.6 is 0 Å². The predicted molar refractivity (Wildman–Crippen MR) is 92.1 cm³/mol. The van der Waals surface area contributed by atoms with Gasteiger partial charge >= 0.3 is 0 Å². The summed E-state index contributed by atoms with van der Waals surface area (Å²) in [6.45, 7) is 4.67. The van der Waals surface area contributed by atoms with Crippen LogP contribution in [0.15, 0.2) is 58.3 Å². The molecule has 1 amide bonds. The molecule has 0 aliphatic heterocycles. The molecule has 0 radical (unpaired) electrons. The second kappa shape index (κ2) is 7.49. The van der Waals surface area contributed by atoms with E-state index in [2.05, 4.69) is 0 Å². The molecule has 128 valence electrons. The van der Waals surface area contributed by atoms with Crippen LogP contribution in [-0.2, 0) is 9.84 Å². The summed E-state index contributed by atoms with van der Waals surface area (Å²) in [4.78, 5) is 14.5. The van der Waals surface area contributed by atoms with Crippen LogP contribution in [0.5, 0.6) is 5.75 Å². The second-order valence-electron chi connectivity index (χ2n) is 5.13. The fourth-order valence-electron chi connectivity index (χ4n) is 2.51. The first kappa shape index (κ1) is 18.0. The van der Waals surface area contributed by atoms with Crippen LogP contribution in [0.25, 0.3) is 0 Å². The lowest BCUT2D eigenvalue weighted by molar-refractivity contribution is 0.0765. The monoisotopic (exact) mass is 347 g/mol. The van der Waals surface area contributed by atoms with Crippen molar-refractivity contribution in [2.24, 2.45) is 0 Å². The highest BCUT2D eigenvalue weighted by atomic mass is 32.2. The number of carbonyl (C=O) groups excluding carboxylic acids is 1. The molecule has 0 aromatic heterocycles. The quantitative estimate of drug-likeness (QED) is 0.806. The fourth-order valence-corrected chi connectivity index (χ4v) is 4.00. The summed E-state index contributed by atoms with van der Waals surface area (Å²) in [7, 11) is -2.40. The van der Waals surface area contributed by atoms with Gasteiger partial charge in [-0.25, -0.2) is 8.42 Å². The van der Waals surface area contributed by atoms with E-state index in [-0.39, 0.29) is 27.0 Å². The van der Waals surface area contributed by atoms with Gasteiger partial charge in [-0.1, -0.05) is 24.3 Å². The molecule has 0 aliphatic carbocycles. The number of methoxy groups -OCH3 is 1. The third-order valence-corrected chi connectivity index (χ3v) is 5.63. The van der Waals surface area contributed by atoms with E-state index in [4.69, 9.17) is 4.74 Å². The van der Waals surface area contributed by atoms with Gasteiger partial charge in [0.05, 0.1) is 16.9 Å². The molecule has 0 atom stereocenters. The molecule has 2 aromatic carbocycles. The Morgan fingerprint density at radius 3 is 2.17 bits per heavy atom. The van der Waals surface area contributed by atoms with E-state index >= 15 is 0 Å². The van der Waals surface area contributed by atoms with Gasteiger partial charge in [0.2, 0.25) is 9.84 Å². The predicted octanol–water partition coefficient (Wildman–Crippen LogP) is 3.01. The summed E-state index contributed by atoms with van der Waals surface area (Å²) in [6.07, 6.45) is 0. The molecular formula is C18H21NO4S. The maximum absolute atomic E-state index is 13.0. The zero-order valence-corrected chi connectivity index (χ0v) is 14.8. The molecule has 0 bridgehead atoms. The summed E-state index contributed by atoms with van der Waals surface area (Å²) in [5.41, 5.74) is 0.0764. The van der Waals surface area contributed by atoms with Crippen molar-refractivity contribution in [1.82, 2.24) is 4.90 Å². The zero-order chi connectivity index (χ0) is 17.7. The summed E-state index contributed by atoms with van der Waals surface area (Å²) in [5, 5.41) is 0. The third-order valence-electron chi connectivity index (χ3n) is 3.82. The lowest BCUT2D eigenvalue weighted by Gasteiger charge is -2.22. The number of ether oxygens (including phenoxy) is 1. The Bertz CT molecular complexity index is 812. The Morgan fingerprint density at radius 2 is 1.62 bits per heavy atom. The summed E-state index contributed by atoms with van der Waals surface area (Å²) >= 11 is 0. The van der Waals surface area contributed by atoms with Crippen LogP contribution in [-0.4, -0.2) is 39.4 Å². The topological polar surface area (TPSA) is 63.7 Å². The minimum atomic E-state index is -3.82. The average molecular weight is 347 g/mol. The van der Waals surface area contributed by atoms with Crippen molar-refractivity contribution in [2.45, 2.75) is 23.6 Å². The van der Waals surface area contributed by atoms with E-state index in [1.807, 2.05) is 13.8 Å². The van der Waals surface area contributed by atoms with Crippen LogP contribution in [0.1, 0.15) is 24.2 Å². The van der Waals surface area contributed by atoms with Gasteiger partial charge in [0, 0.05) is 13.1 Å². The van der Waals surface area contributed by atoms with Crippen molar-refractivity contribution in [3.63, 3.8) is 0 Å². The molecule has 0 heterocycles. The van der Waals surface area contributed by atoms with Gasteiger partial charge in [-0.05, 0) is 38.1 Å². The molecule has 0 saturated carbocycles. The molecule has 0 N–H and O–H groups in total. The molecule has 5 nitrogen and oxygen atoms in total. The summed E-state index contributed by atoms with van der Waals surface area (Å²) in [5.74, 6) is -0.101. The normalized spacial score (nSPS) is 11.1. The molecule has 0 spiro atoms. The van der Waals surface area contributed by atoms with Crippen LogP contribution < -0.4 is 4.74 Å². The van der Waals surface area contributed by atoms with Gasteiger partial charge in [0.15, 0.2) is 0 Å². The highest BCUT2D eigenvalue weighted by molar-refractivity contribution is 7.91. The fraction of sp³-hybridized carbons (Fsp3) is 0.278. The van der Waals surface area contributed by atoms with Gasteiger partial charge in [-0.3, -0.25) is 4.79 Å². The van der Waals surface area contributed by atoms with Crippen LogP contribution in [0.2, 0.25) is 0 Å². The maximum atomic E-state index is 13.0. The summed E-state index contributed by atoms with van der Waals surface area (Å²) in [6, 6.07) is 12.7. The van der Waals surface area contributed by atoms with Crippen molar-refractivity contribution >= 4 is 15.7 Å². The second-order valence-corrected chi connectivity index (χ2v) is 7.05. The Morgan fingerprint density at radius 1 is 1.00 bits per heavy atom. The van der Waals surface area contributed by atoms with Crippen molar-refractivity contribution in [3.8, 4) is 5.75 Å². The number of benzene rings is 2. The molecule has 2 aromatic rings. The van der Waals surface area contributed by atoms with E-state index in [0.717, 1.165) is 0 Å².